The van der Waals surface area contributed by atoms with E-state index in [-0.39, 0.29) is 0 Å². The molecule has 2 heterocycles. The number of hydrogen-bond donors (Lipinski definition) is 2. The number of nitrogens with zero attached hydrogens (tertiary/aromatic N) is 2. The summed E-state index contributed by atoms with van der Waals surface area (Å²) in [5.41, 5.74) is 0.991. The maximum Gasteiger partial charge on any atom is 0.488 e. The van der Waals surface area contributed by atoms with Gasteiger partial charge in [0.2, 0.25) is 0 Å². The van der Waals surface area contributed by atoms with Gasteiger partial charge >= 0.3 is 7.12 Å². The third-order valence-corrected chi connectivity index (χ3v) is 1.94. The van der Waals surface area contributed by atoms with E-state index in [1.807, 2.05) is 0 Å². The molecular formula is C7H6BClN2O2. The third kappa shape index (κ3) is 1.53. The van der Waals surface area contributed by atoms with Gasteiger partial charge in [0.1, 0.15) is 10.8 Å². The van der Waals surface area contributed by atoms with Crippen molar-refractivity contribution in [3.05, 3.63) is 29.7 Å². The number of rotatable bonds is 1. The van der Waals surface area contributed by atoms with Gasteiger partial charge in [0.05, 0.1) is 0 Å². The maximum absolute atomic E-state index is 8.88. The molecule has 6 heteroatoms. The van der Waals surface area contributed by atoms with Crippen LogP contribution in [0, 0.1) is 0 Å². The molecule has 0 unspecified atom stereocenters. The lowest BCUT2D eigenvalue weighted by Crippen LogP contribution is -2.29. The van der Waals surface area contributed by atoms with E-state index in [0.29, 0.717) is 16.3 Å². The highest BCUT2D eigenvalue weighted by atomic mass is 35.5. The van der Waals surface area contributed by atoms with Crippen LogP contribution in [0.3, 0.4) is 0 Å². The molecule has 0 fully saturated rings. The van der Waals surface area contributed by atoms with Crippen LogP contribution in [0.5, 0.6) is 0 Å². The summed E-state index contributed by atoms with van der Waals surface area (Å²) in [6.07, 6.45) is 3.31. The van der Waals surface area contributed by atoms with Gasteiger partial charge in [-0.15, -0.1) is 0 Å². The van der Waals surface area contributed by atoms with E-state index in [9.17, 15) is 0 Å². The Kier molecular flexibility index (Phi) is 1.99. The first kappa shape index (κ1) is 8.56. The molecule has 0 aromatic carbocycles. The zero-order chi connectivity index (χ0) is 9.42. The van der Waals surface area contributed by atoms with Crippen LogP contribution in [0.4, 0.5) is 0 Å². The van der Waals surface area contributed by atoms with Gasteiger partial charge in [0, 0.05) is 12.4 Å². The number of halogens is 1. The largest absolute Gasteiger partial charge is 0.488 e. The third-order valence-electron chi connectivity index (χ3n) is 1.75. The van der Waals surface area contributed by atoms with E-state index in [2.05, 4.69) is 4.98 Å². The zero-order valence-corrected chi connectivity index (χ0v) is 7.31. The van der Waals surface area contributed by atoms with Gasteiger partial charge in [-0.25, -0.2) is 4.98 Å². The number of hydrogen-bond acceptors (Lipinski definition) is 3. The molecule has 2 aromatic heterocycles. The normalized spacial score (nSPS) is 10.7. The first-order valence-electron chi connectivity index (χ1n) is 3.67. The second kappa shape index (κ2) is 3.03. The summed E-state index contributed by atoms with van der Waals surface area (Å²) in [6.45, 7) is 0. The molecule has 2 N–H and O–H groups in total. The van der Waals surface area contributed by atoms with Crippen LogP contribution in [0.25, 0.3) is 5.65 Å². The highest BCUT2D eigenvalue weighted by Gasteiger charge is 2.11. The first-order chi connectivity index (χ1) is 6.16. The first-order valence-corrected chi connectivity index (χ1v) is 4.05. The van der Waals surface area contributed by atoms with Gasteiger partial charge in [-0.3, -0.25) is 0 Å². The predicted molar refractivity (Wildman–Crippen MR) is 50.0 cm³/mol. The number of fused-ring (bicyclic) bond motifs is 1. The number of pyridine rings is 1. The van der Waals surface area contributed by atoms with Crippen molar-refractivity contribution in [3.8, 4) is 0 Å². The summed E-state index contributed by atoms with van der Waals surface area (Å²) >= 11 is 5.66. The minimum atomic E-state index is -1.47. The van der Waals surface area contributed by atoms with Gasteiger partial charge in [0.15, 0.2) is 0 Å². The van der Waals surface area contributed by atoms with Gasteiger partial charge < -0.3 is 14.4 Å². The van der Waals surface area contributed by atoms with Gasteiger partial charge in [-0.05, 0) is 17.6 Å². The highest BCUT2D eigenvalue weighted by molar-refractivity contribution is 6.58. The Morgan fingerprint density at radius 1 is 1.46 bits per heavy atom. The summed E-state index contributed by atoms with van der Waals surface area (Å²) in [4.78, 5) is 3.96. The Hall–Kier alpha value is -1.04. The monoisotopic (exact) mass is 196 g/mol. The second-order valence-corrected chi connectivity index (χ2v) is 3.05. The molecule has 0 aliphatic rings. The Morgan fingerprint density at radius 2 is 2.23 bits per heavy atom. The van der Waals surface area contributed by atoms with Crippen LogP contribution in [-0.2, 0) is 0 Å². The van der Waals surface area contributed by atoms with E-state index in [1.54, 1.807) is 28.9 Å². The van der Waals surface area contributed by atoms with Crippen LogP contribution >= 0.6 is 11.6 Å². The molecule has 0 radical (unpaired) electrons. The fraction of sp³-hybridized carbons (Fsp3) is 0. The van der Waals surface area contributed by atoms with Crippen LogP contribution in [-0.4, -0.2) is 26.6 Å². The molecule has 0 aliphatic heterocycles. The van der Waals surface area contributed by atoms with E-state index in [0.717, 1.165) is 0 Å². The Balaban J connectivity index is 2.61. The van der Waals surface area contributed by atoms with E-state index in [4.69, 9.17) is 21.6 Å². The van der Waals surface area contributed by atoms with Crippen molar-refractivity contribution in [1.82, 2.24) is 9.38 Å². The molecule has 2 rings (SSSR count). The summed E-state index contributed by atoms with van der Waals surface area (Å²) in [6, 6.07) is 3.16. The smallest absolute Gasteiger partial charge is 0.423 e. The fourth-order valence-electron chi connectivity index (χ4n) is 1.13. The van der Waals surface area contributed by atoms with Gasteiger partial charge in [0.25, 0.3) is 0 Å². The topological polar surface area (TPSA) is 57.8 Å². The average molecular weight is 196 g/mol. The number of imidazole rings is 1. The lowest BCUT2D eigenvalue weighted by Gasteiger charge is -1.98. The summed E-state index contributed by atoms with van der Waals surface area (Å²) in [5, 5.41) is 18.1. The van der Waals surface area contributed by atoms with Crippen LogP contribution in [0.1, 0.15) is 0 Å². The van der Waals surface area contributed by atoms with Crippen molar-refractivity contribution in [3.63, 3.8) is 0 Å². The molecule has 0 atom stereocenters. The van der Waals surface area contributed by atoms with Gasteiger partial charge in [-0.2, -0.15) is 0 Å². The molecule has 0 amide bonds. The molecule has 4 nitrogen and oxygen atoms in total. The summed E-state index contributed by atoms with van der Waals surface area (Å²) < 4.78 is 1.70. The predicted octanol–water partition coefficient (Wildman–Crippen LogP) is -0.333. The Morgan fingerprint density at radius 3 is 2.92 bits per heavy atom. The van der Waals surface area contributed by atoms with Crippen LogP contribution in [0.2, 0.25) is 5.15 Å². The molecule has 66 valence electrons. The molecule has 0 bridgehead atoms. The second-order valence-electron chi connectivity index (χ2n) is 2.66. The Bertz CT molecular complexity index is 443. The lowest BCUT2D eigenvalue weighted by molar-refractivity contribution is 0.426. The van der Waals surface area contributed by atoms with Crippen molar-refractivity contribution in [2.45, 2.75) is 0 Å². The SMILES string of the molecule is OB(O)c1ccn2cc(Cl)nc2c1. The molecule has 0 saturated carbocycles. The van der Waals surface area contributed by atoms with Crippen LogP contribution in [0.15, 0.2) is 24.5 Å². The molecule has 0 aliphatic carbocycles. The van der Waals surface area contributed by atoms with Crippen molar-refractivity contribution in [2.24, 2.45) is 0 Å². The van der Waals surface area contributed by atoms with E-state index < -0.39 is 7.12 Å². The van der Waals surface area contributed by atoms with Crippen molar-refractivity contribution in [1.29, 1.82) is 0 Å². The fourth-order valence-corrected chi connectivity index (χ4v) is 1.32. The van der Waals surface area contributed by atoms with Crippen LogP contribution < -0.4 is 5.46 Å². The molecule has 0 saturated heterocycles. The summed E-state index contributed by atoms with van der Waals surface area (Å²) in [7, 11) is -1.47. The minimum absolute atomic E-state index is 0.379. The minimum Gasteiger partial charge on any atom is -0.423 e. The maximum atomic E-state index is 8.88. The van der Waals surface area contributed by atoms with E-state index >= 15 is 0 Å². The van der Waals surface area contributed by atoms with Crippen molar-refractivity contribution in [2.75, 3.05) is 0 Å². The quantitative estimate of drug-likeness (QED) is 0.614. The lowest BCUT2D eigenvalue weighted by atomic mass is 9.81. The standard InChI is InChI=1S/C7H6BClN2O2/c9-6-4-11-2-1-5(8(12)13)3-7(11)10-6/h1-4,12-13H. The summed E-state index contributed by atoms with van der Waals surface area (Å²) in [5.74, 6) is 0. The molecule has 13 heavy (non-hydrogen) atoms. The Labute approximate surface area is 79.6 Å². The molecular weight excluding hydrogens is 190 g/mol. The van der Waals surface area contributed by atoms with Crippen molar-refractivity contribution < 1.29 is 10.0 Å². The van der Waals surface area contributed by atoms with Gasteiger partial charge in [-0.1, -0.05) is 11.6 Å². The zero-order valence-electron chi connectivity index (χ0n) is 6.55. The molecule has 2 aromatic rings. The molecule has 0 spiro atoms. The average Bonchev–Trinajstić information content (AvgIpc) is 2.42. The number of aromatic nitrogens is 2. The highest BCUT2D eigenvalue weighted by Crippen LogP contribution is 2.07. The van der Waals surface area contributed by atoms with E-state index in [1.165, 1.54) is 0 Å². The van der Waals surface area contributed by atoms with Crippen molar-refractivity contribution >= 4 is 29.8 Å².